The van der Waals surface area contributed by atoms with Gasteiger partial charge in [-0.05, 0) is 37.1 Å². The fraction of sp³-hybridized carbons (Fsp3) is 0.429. The van der Waals surface area contributed by atoms with Gasteiger partial charge in [0.05, 0.1) is 0 Å². The largest absolute Gasteiger partial charge is 0.479 e. The number of carbonyl (C=O) groups is 2. The van der Waals surface area contributed by atoms with Crippen LogP contribution in [0.3, 0.4) is 0 Å². The second-order valence-corrected chi connectivity index (χ2v) is 5.67. The summed E-state index contributed by atoms with van der Waals surface area (Å²) < 4.78 is 0. The molecule has 0 aliphatic heterocycles. The zero-order valence-corrected chi connectivity index (χ0v) is 11.9. The Morgan fingerprint density at radius 3 is 2.90 bits per heavy atom. The Morgan fingerprint density at radius 2 is 2.30 bits per heavy atom. The Bertz CT molecular complexity index is 497. The molecule has 108 valence electrons. The Morgan fingerprint density at radius 1 is 1.45 bits per heavy atom. The highest BCUT2D eigenvalue weighted by Crippen LogP contribution is 2.20. The van der Waals surface area contributed by atoms with E-state index in [9.17, 15) is 9.59 Å². The predicted octanol–water partition coefficient (Wildman–Crippen LogP) is 2.67. The van der Waals surface area contributed by atoms with E-state index in [0.717, 1.165) is 19.3 Å². The number of amides is 2. The summed E-state index contributed by atoms with van der Waals surface area (Å²) in [5.41, 5.74) is 1.37. The summed E-state index contributed by atoms with van der Waals surface area (Å²) in [7, 11) is 0. The second kappa shape index (κ2) is 7.09. The van der Waals surface area contributed by atoms with Crippen LogP contribution in [0.2, 0.25) is 0 Å². The van der Waals surface area contributed by atoms with E-state index < -0.39 is 18.0 Å². The molecule has 1 unspecified atom stereocenters. The fourth-order valence-corrected chi connectivity index (χ4v) is 2.96. The number of allylic oxidation sites excluding steroid dienone is 1. The number of carboxylic acids is 1. The Balaban J connectivity index is 1.78. The Hall–Kier alpha value is -1.82. The summed E-state index contributed by atoms with van der Waals surface area (Å²) in [6.07, 6.45) is 6.48. The van der Waals surface area contributed by atoms with Gasteiger partial charge in [0.2, 0.25) is 0 Å². The van der Waals surface area contributed by atoms with Crippen LogP contribution in [0, 0.1) is 0 Å². The molecule has 1 aromatic rings. The summed E-state index contributed by atoms with van der Waals surface area (Å²) in [6, 6.07) is 2.04. The lowest BCUT2D eigenvalue weighted by molar-refractivity contribution is -0.139. The van der Waals surface area contributed by atoms with Crippen LogP contribution < -0.4 is 10.6 Å². The van der Waals surface area contributed by atoms with E-state index in [0.29, 0.717) is 11.4 Å². The standard InChI is InChI=1S/C14H18N2O3S/c17-13(18)12(11-6-3-9-20-11)16-14(19)15-8-7-10-4-1-2-5-10/h3-4,6,9,12H,1-2,5,7-8H2,(H,17,18)(H2,15,16,19). The number of carbonyl (C=O) groups excluding carboxylic acids is 1. The van der Waals surface area contributed by atoms with E-state index in [-0.39, 0.29) is 0 Å². The van der Waals surface area contributed by atoms with E-state index in [1.54, 1.807) is 17.5 Å². The molecule has 1 aliphatic rings. The molecule has 6 heteroatoms. The Labute approximate surface area is 121 Å². The fourth-order valence-electron chi connectivity index (χ4n) is 2.19. The first-order valence-electron chi connectivity index (χ1n) is 6.65. The topological polar surface area (TPSA) is 78.4 Å². The van der Waals surface area contributed by atoms with Gasteiger partial charge < -0.3 is 15.7 Å². The molecule has 0 spiro atoms. The van der Waals surface area contributed by atoms with Crippen molar-refractivity contribution in [2.75, 3.05) is 6.54 Å². The molecule has 1 heterocycles. The third-order valence-corrected chi connectivity index (χ3v) is 4.15. The summed E-state index contributed by atoms with van der Waals surface area (Å²) in [5.74, 6) is -1.05. The number of aliphatic carboxylic acids is 1. The molecule has 1 aromatic heterocycles. The number of nitrogens with one attached hydrogen (secondary N) is 2. The van der Waals surface area contributed by atoms with Crippen molar-refractivity contribution in [2.24, 2.45) is 0 Å². The van der Waals surface area contributed by atoms with Crippen LogP contribution in [0.25, 0.3) is 0 Å². The number of hydrogen-bond donors (Lipinski definition) is 3. The quantitative estimate of drug-likeness (QED) is 0.706. The minimum absolute atomic E-state index is 0.440. The average molecular weight is 294 g/mol. The molecule has 0 fully saturated rings. The van der Waals surface area contributed by atoms with Crippen LogP contribution in [0.4, 0.5) is 4.79 Å². The summed E-state index contributed by atoms with van der Waals surface area (Å²) in [5, 5.41) is 16.1. The minimum Gasteiger partial charge on any atom is -0.479 e. The van der Waals surface area contributed by atoms with Crippen LogP contribution in [0.1, 0.15) is 36.6 Å². The molecule has 20 heavy (non-hydrogen) atoms. The van der Waals surface area contributed by atoms with Crippen molar-refractivity contribution in [1.82, 2.24) is 10.6 Å². The lowest BCUT2D eigenvalue weighted by Crippen LogP contribution is -2.41. The molecule has 2 rings (SSSR count). The van der Waals surface area contributed by atoms with Crippen LogP contribution in [-0.4, -0.2) is 23.7 Å². The summed E-state index contributed by atoms with van der Waals surface area (Å²) in [6.45, 7) is 0.536. The molecule has 1 aliphatic carbocycles. The first-order chi connectivity index (χ1) is 9.66. The van der Waals surface area contributed by atoms with Crippen LogP contribution in [0.15, 0.2) is 29.2 Å². The minimum atomic E-state index is -1.05. The van der Waals surface area contributed by atoms with Gasteiger partial charge in [0.15, 0.2) is 6.04 Å². The van der Waals surface area contributed by atoms with Gasteiger partial charge in [-0.25, -0.2) is 9.59 Å². The molecule has 0 saturated carbocycles. The molecule has 1 atom stereocenters. The highest BCUT2D eigenvalue weighted by atomic mass is 32.1. The zero-order chi connectivity index (χ0) is 14.4. The van der Waals surface area contributed by atoms with Crippen molar-refractivity contribution < 1.29 is 14.7 Å². The molecule has 0 aromatic carbocycles. The van der Waals surface area contributed by atoms with Crippen LogP contribution >= 0.6 is 11.3 Å². The molecule has 3 N–H and O–H groups in total. The van der Waals surface area contributed by atoms with Crippen molar-refractivity contribution in [2.45, 2.75) is 31.7 Å². The number of urea groups is 1. The Kier molecular flexibility index (Phi) is 5.17. The van der Waals surface area contributed by atoms with E-state index in [1.807, 2.05) is 0 Å². The van der Waals surface area contributed by atoms with Gasteiger partial charge in [0.1, 0.15) is 0 Å². The van der Waals surface area contributed by atoms with Crippen molar-refractivity contribution in [3.63, 3.8) is 0 Å². The van der Waals surface area contributed by atoms with Crippen molar-refractivity contribution in [1.29, 1.82) is 0 Å². The number of hydrogen-bond acceptors (Lipinski definition) is 3. The first kappa shape index (κ1) is 14.6. The average Bonchev–Trinajstić information content (AvgIpc) is 3.08. The van der Waals surface area contributed by atoms with Gasteiger partial charge in [-0.15, -0.1) is 11.3 Å². The molecular formula is C14H18N2O3S. The van der Waals surface area contributed by atoms with Gasteiger partial charge in [0, 0.05) is 11.4 Å². The van der Waals surface area contributed by atoms with Crippen molar-refractivity contribution in [3.05, 3.63) is 34.0 Å². The van der Waals surface area contributed by atoms with E-state index >= 15 is 0 Å². The molecule has 0 saturated heterocycles. The smallest absolute Gasteiger partial charge is 0.331 e. The van der Waals surface area contributed by atoms with Crippen molar-refractivity contribution in [3.8, 4) is 0 Å². The monoisotopic (exact) mass is 294 g/mol. The highest BCUT2D eigenvalue weighted by molar-refractivity contribution is 7.10. The number of carboxylic acid groups (broad SMARTS) is 1. The maximum absolute atomic E-state index is 11.7. The number of thiophene rings is 1. The third kappa shape index (κ3) is 4.09. The van der Waals surface area contributed by atoms with Gasteiger partial charge in [-0.2, -0.15) is 0 Å². The molecule has 5 nitrogen and oxygen atoms in total. The van der Waals surface area contributed by atoms with Gasteiger partial charge in [0.25, 0.3) is 0 Å². The summed E-state index contributed by atoms with van der Waals surface area (Å²) in [4.78, 5) is 23.5. The number of rotatable bonds is 6. The predicted molar refractivity (Wildman–Crippen MR) is 77.8 cm³/mol. The molecule has 0 radical (unpaired) electrons. The van der Waals surface area contributed by atoms with Gasteiger partial charge >= 0.3 is 12.0 Å². The maximum Gasteiger partial charge on any atom is 0.331 e. The molecule has 2 amide bonds. The van der Waals surface area contributed by atoms with Crippen LogP contribution in [0.5, 0.6) is 0 Å². The third-order valence-electron chi connectivity index (χ3n) is 3.22. The van der Waals surface area contributed by atoms with E-state index in [1.165, 1.54) is 23.3 Å². The SMILES string of the molecule is O=C(NCCC1=CCCC1)NC(C(=O)O)c1cccs1. The summed E-state index contributed by atoms with van der Waals surface area (Å²) >= 11 is 1.31. The maximum atomic E-state index is 11.7. The lowest BCUT2D eigenvalue weighted by Gasteiger charge is -2.14. The van der Waals surface area contributed by atoms with Gasteiger partial charge in [-0.3, -0.25) is 0 Å². The zero-order valence-electron chi connectivity index (χ0n) is 11.1. The molecule has 0 bridgehead atoms. The second-order valence-electron chi connectivity index (χ2n) is 4.69. The van der Waals surface area contributed by atoms with E-state index in [2.05, 4.69) is 16.7 Å². The van der Waals surface area contributed by atoms with E-state index in [4.69, 9.17) is 5.11 Å². The van der Waals surface area contributed by atoms with Crippen LogP contribution in [-0.2, 0) is 4.79 Å². The molecular weight excluding hydrogens is 276 g/mol. The van der Waals surface area contributed by atoms with Crippen molar-refractivity contribution >= 4 is 23.3 Å². The highest BCUT2D eigenvalue weighted by Gasteiger charge is 2.22. The first-order valence-corrected chi connectivity index (χ1v) is 7.53. The van der Waals surface area contributed by atoms with Gasteiger partial charge in [-0.1, -0.05) is 17.7 Å². The lowest BCUT2D eigenvalue weighted by atomic mass is 10.2. The normalized spacial score (nSPS) is 15.5.